The fourth-order valence-corrected chi connectivity index (χ4v) is 2.69. The Morgan fingerprint density at radius 1 is 1.07 bits per heavy atom. The molecule has 0 fully saturated rings. The molecular formula is C20H24N2O6. The Morgan fingerprint density at radius 2 is 1.71 bits per heavy atom. The van der Waals surface area contributed by atoms with E-state index in [0.29, 0.717) is 5.75 Å². The first-order valence-corrected chi connectivity index (χ1v) is 8.74. The minimum atomic E-state index is -0.626. The lowest BCUT2D eigenvalue weighted by atomic mass is 10.1. The topological polar surface area (TPSA) is 99.9 Å². The summed E-state index contributed by atoms with van der Waals surface area (Å²) >= 11 is 0. The summed E-state index contributed by atoms with van der Waals surface area (Å²) in [6, 6.07) is 9.42. The Hall–Kier alpha value is -3.29. The van der Waals surface area contributed by atoms with Crippen LogP contribution >= 0.6 is 0 Å². The molecule has 0 bridgehead atoms. The van der Waals surface area contributed by atoms with E-state index in [1.807, 2.05) is 38.1 Å². The largest absolute Gasteiger partial charge is 0.493 e. The minimum absolute atomic E-state index is 0.0227. The van der Waals surface area contributed by atoms with Crippen molar-refractivity contribution in [3.63, 3.8) is 0 Å². The third-order valence-electron chi connectivity index (χ3n) is 4.02. The van der Waals surface area contributed by atoms with Gasteiger partial charge in [-0.15, -0.1) is 0 Å². The van der Waals surface area contributed by atoms with Crippen LogP contribution < -0.4 is 19.5 Å². The molecule has 0 saturated heterocycles. The van der Waals surface area contributed by atoms with Crippen molar-refractivity contribution in [3.05, 3.63) is 57.6 Å². The molecule has 2 rings (SSSR count). The SMILES string of the molecule is COc1cc(C(=O)NC(C)c2cccc(OC(C)C)c2)c([N+](=O)[O-])cc1OC. The first-order chi connectivity index (χ1) is 13.3. The quantitative estimate of drug-likeness (QED) is 0.544. The van der Waals surface area contributed by atoms with Crippen LogP contribution in [0.2, 0.25) is 0 Å². The molecule has 1 unspecified atom stereocenters. The van der Waals surface area contributed by atoms with Crippen molar-refractivity contribution in [3.8, 4) is 17.2 Å². The highest BCUT2D eigenvalue weighted by Crippen LogP contribution is 2.34. The number of benzene rings is 2. The molecule has 0 heterocycles. The first kappa shape index (κ1) is 21.0. The molecule has 8 heteroatoms. The van der Waals surface area contributed by atoms with E-state index in [9.17, 15) is 14.9 Å². The van der Waals surface area contributed by atoms with Crippen molar-refractivity contribution < 1.29 is 23.9 Å². The zero-order valence-electron chi connectivity index (χ0n) is 16.5. The highest BCUT2D eigenvalue weighted by atomic mass is 16.6. The smallest absolute Gasteiger partial charge is 0.286 e. The number of hydrogen-bond acceptors (Lipinski definition) is 6. The lowest BCUT2D eigenvalue weighted by molar-refractivity contribution is -0.385. The van der Waals surface area contributed by atoms with Gasteiger partial charge in [0.1, 0.15) is 11.3 Å². The molecule has 8 nitrogen and oxygen atoms in total. The van der Waals surface area contributed by atoms with Gasteiger partial charge in [-0.1, -0.05) is 12.1 Å². The Morgan fingerprint density at radius 3 is 2.29 bits per heavy atom. The predicted octanol–water partition coefficient (Wildman–Crippen LogP) is 3.89. The van der Waals surface area contributed by atoms with Crippen LogP contribution in [0.5, 0.6) is 17.2 Å². The molecule has 1 N–H and O–H groups in total. The second kappa shape index (κ2) is 9.07. The number of carbonyl (C=O) groups excluding carboxylic acids is 1. The monoisotopic (exact) mass is 388 g/mol. The first-order valence-electron chi connectivity index (χ1n) is 8.74. The number of carbonyl (C=O) groups is 1. The maximum Gasteiger partial charge on any atom is 0.286 e. The molecule has 2 aromatic carbocycles. The molecule has 0 saturated carbocycles. The molecule has 0 aliphatic rings. The molecule has 0 aromatic heterocycles. The number of nitro benzene ring substituents is 1. The highest BCUT2D eigenvalue weighted by molar-refractivity contribution is 5.99. The number of rotatable bonds is 8. The van der Waals surface area contributed by atoms with Crippen molar-refractivity contribution in [1.29, 1.82) is 0 Å². The second-order valence-corrected chi connectivity index (χ2v) is 6.42. The number of hydrogen-bond donors (Lipinski definition) is 1. The predicted molar refractivity (Wildman–Crippen MR) is 104 cm³/mol. The van der Waals surface area contributed by atoms with Gasteiger partial charge in [0.15, 0.2) is 11.5 Å². The van der Waals surface area contributed by atoms with Crippen LogP contribution in [0.25, 0.3) is 0 Å². The van der Waals surface area contributed by atoms with Gasteiger partial charge in [0, 0.05) is 6.07 Å². The molecule has 1 amide bonds. The summed E-state index contributed by atoms with van der Waals surface area (Å²) in [5.41, 5.74) is 0.345. The number of amides is 1. The average Bonchev–Trinajstić information content (AvgIpc) is 2.66. The number of nitrogens with zero attached hydrogens (tertiary/aromatic N) is 1. The van der Waals surface area contributed by atoms with Gasteiger partial charge in [0.25, 0.3) is 11.6 Å². The fourth-order valence-electron chi connectivity index (χ4n) is 2.69. The summed E-state index contributed by atoms with van der Waals surface area (Å²) in [6.45, 7) is 5.64. The zero-order valence-corrected chi connectivity index (χ0v) is 16.5. The van der Waals surface area contributed by atoms with E-state index in [-0.39, 0.29) is 28.9 Å². The van der Waals surface area contributed by atoms with Gasteiger partial charge >= 0.3 is 0 Å². The maximum atomic E-state index is 12.7. The van der Waals surface area contributed by atoms with Crippen molar-refractivity contribution in [2.45, 2.75) is 32.9 Å². The molecule has 150 valence electrons. The van der Waals surface area contributed by atoms with E-state index in [1.165, 1.54) is 26.4 Å². The number of nitrogens with one attached hydrogen (secondary N) is 1. The second-order valence-electron chi connectivity index (χ2n) is 6.42. The van der Waals surface area contributed by atoms with E-state index in [4.69, 9.17) is 14.2 Å². The molecule has 0 aliphatic heterocycles. The summed E-state index contributed by atoms with van der Waals surface area (Å²) in [6.07, 6.45) is 0.0227. The Labute approximate surface area is 163 Å². The van der Waals surface area contributed by atoms with Crippen LogP contribution in [0.1, 0.15) is 42.7 Å². The van der Waals surface area contributed by atoms with Gasteiger partial charge in [0.2, 0.25) is 0 Å². The minimum Gasteiger partial charge on any atom is -0.493 e. The number of ether oxygens (including phenoxy) is 3. The van der Waals surface area contributed by atoms with Gasteiger partial charge in [-0.25, -0.2) is 0 Å². The van der Waals surface area contributed by atoms with Gasteiger partial charge in [-0.2, -0.15) is 0 Å². The third-order valence-corrected chi connectivity index (χ3v) is 4.02. The van der Waals surface area contributed by atoms with Gasteiger partial charge in [-0.05, 0) is 38.5 Å². The lowest BCUT2D eigenvalue weighted by Crippen LogP contribution is -2.27. The standard InChI is InChI=1S/C20H24N2O6/c1-12(2)28-15-8-6-7-14(9-15)13(3)21-20(23)16-10-18(26-4)19(27-5)11-17(16)22(24)25/h6-13H,1-5H3,(H,21,23). The summed E-state index contributed by atoms with van der Waals surface area (Å²) in [5, 5.41) is 14.2. The Bertz CT molecular complexity index is 866. The Kier molecular flexibility index (Phi) is 6.81. The lowest BCUT2D eigenvalue weighted by Gasteiger charge is -2.17. The zero-order chi connectivity index (χ0) is 20.8. The van der Waals surface area contributed by atoms with Gasteiger partial charge in [-0.3, -0.25) is 14.9 Å². The highest BCUT2D eigenvalue weighted by Gasteiger charge is 2.25. The fraction of sp³-hybridized carbons (Fsp3) is 0.350. The molecule has 2 aromatic rings. The van der Waals surface area contributed by atoms with Crippen molar-refractivity contribution in [1.82, 2.24) is 5.32 Å². The van der Waals surface area contributed by atoms with E-state index in [0.717, 1.165) is 5.56 Å². The third kappa shape index (κ3) is 4.91. The van der Waals surface area contributed by atoms with E-state index in [2.05, 4.69) is 5.32 Å². The Balaban J connectivity index is 2.30. The van der Waals surface area contributed by atoms with Gasteiger partial charge < -0.3 is 19.5 Å². The normalized spacial score (nSPS) is 11.6. The maximum absolute atomic E-state index is 12.7. The van der Waals surface area contributed by atoms with E-state index in [1.54, 1.807) is 6.92 Å². The summed E-state index contributed by atoms with van der Waals surface area (Å²) in [4.78, 5) is 23.5. The van der Waals surface area contributed by atoms with Gasteiger partial charge in [0.05, 0.1) is 37.4 Å². The van der Waals surface area contributed by atoms with Crippen LogP contribution in [0, 0.1) is 10.1 Å². The van der Waals surface area contributed by atoms with Crippen LogP contribution in [0.15, 0.2) is 36.4 Å². The summed E-state index contributed by atoms with van der Waals surface area (Å²) in [7, 11) is 2.77. The van der Waals surface area contributed by atoms with E-state index < -0.39 is 16.9 Å². The molecule has 28 heavy (non-hydrogen) atoms. The van der Waals surface area contributed by atoms with Crippen molar-refractivity contribution >= 4 is 11.6 Å². The average molecular weight is 388 g/mol. The molecule has 1 atom stereocenters. The number of methoxy groups -OCH3 is 2. The molecule has 0 aliphatic carbocycles. The summed E-state index contributed by atoms with van der Waals surface area (Å²) in [5.74, 6) is 0.511. The molecular weight excluding hydrogens is 364 g/mol. The molecule has 0 radical (unpaired) electrons. The summed E-state index contributed by atoms with van der Waals surface area (Å²) < 4.78 is 15.9. The number of nitro groups is 1. The van der Waals surface area contributed by atoms with E-state index >= 15 is 0 Å². The van der Waals surface area contributed by atoms with Crippen molar-refractivity contribution in [2.24, 2.45) is 0 Å². The van der Waals surface area contributed by atoms with Crippen LogP contribution in [0.4, 0.5) is 5.69 Å². The van der Waals surface area contributed by atoms with Crippen molar-refractivity contribution in [2.75, 3.05) is 14.2 Å². The van der Waals surface area contributed by atoms with Crippen LogP contribution in [0.3, 0.4) is 0 Å². The van der Waals surface area contributed by atoms with Crippen LogP contribution in [-0.4, -0.2) is 31.2 Å². The van der Waals surface area contributed by atoms with Crippen LogP contribution in [-0.2, 0) is 0 Å². The molecule has 0 spiro atoms.